The number of rotatable bonds is 6. The van der Waals surface area contributed by atoms with Crippen LogP contribution in [0.3, 0.4) is 0 Å². The fraction of sp³-hybridized carbons (Fsp3) is 0.0952. The average molecular weight is 435 g/mol. The first kappa shape index (κ1) is 19.1. The summed E-state index contributed by atoms with van der Waals surface area (Å²) in [6, 6.07) is 14.9. The van der Waals surface area contributed by atoms with E-state index in [0.717, 1.165) is 11.3 Å². The van der Waals surface area contributed by atoms with Crippen molar-refractivity contribution < 1.29 is 17.9 Å². The molecule has 4 aromatic rings. The SMILES string of the molecule is O=S(=O)(Nc1ccc(Oc2ccc(-n3ccnc3)nn2)cc1)c1ccc2c(c1)CCO2. The van der Waals surface area contributed by atoms with Crippen LogP contribution in [0.5, 0.6) is 17.4 Å². The van der Waals surface area contributed by atoms with Gasteiger partial charge in [0.2, 0.25) is 5.88 Å². The highest BCUT2D eigenvalue weighted by Crippen LogP contribution is 2.29. The van der Waals surface area contributed by atoms with E-state index in [0.29, 0.717) is 36.2 Å². The number of imidazole rings is 1. The first-order chi connectivity index (χ1) is 15.1. The standard InChI is InChI=1S/C21H17N5O4S/c27-31(28,18-5-6-19-15(13-18)9-12-29-19)25-16-1-3-17(4-2-16)30-21-8-7-20(23-24-21)26-11-10-22-14-26/h1-8,10-11,13-14,25H,9,12H2. The zero-order chi connectivity index (χ0) is 21.3. The van der Waals surface area contributed by atoms with E-state index in [1.165, 1.54) is 6.07 Å². The van der Waals surface area contributed by atoms with Crippen molar-refractivity contribution in [2.24, 2.45) is 0 Å². The normalized spacial score (nSPS) is 12.8. The van der Waals surface area contributed by atoms with Gasteiger partial charge in [-0.3, -0.25) is 9.29 Å². The maximum Gasteiger partial charge on any atom is 0.261 e. The smallest absolute Gasteiger partial charge is 0.261 e. The molecule has 2 aromatic carbocycles. The van der Waals surface area contributed by atoms with E-state index in [1.54, 1.807) is 71.8 Å². The number of aromatic nitrogens is 4. The molecule has 10 heteroatoms. The van der Waals surface area contributed by atoms with Crippen LogP contribution in [0.1, 0.15) is 5.56 Å². The molecule has 0 amide bonds. The average Bonchev–Trinajstić information content (AvgIpc) is 3.47. The maximum atomic E-state index is 12.7. The number of fused-ring (bicyclic) bond motifs is 1. The highest BCUT2D eigenvalue weighted by atomic mass is 32.2. The van der Waals surface area contributed by atoms with E-state index < -0.39 is 10.0 Å². The highest BCUT2D eigenvalue weighted by molar-refractivity contribution is 7.92. The summed E-state index contributed by atoms with van der Waals surface area (Å²) in [5, 5.41) is 8.13. The van der Waals surface area contributed by atoms with Gasteiger partial charge in [0.15, 0.2) is 5.82 Å². The number of nitrogens with zero attached hydrogens (tertiary/aromatic N) is 4. The number of ether oxygens (including phenoxy) is 2. The third-order valence-electron chi connectivity index (χ3n) is 4.70. The van der Waals surface area contributed by atoms with Crippen LogP contribution in [0.2, 0.25) is 0 Å². The van der Waals surface area contributed by atoms with Gasteiger partial charge < -0.3 is 9.47 Å². The van der Waals surface area contributed by atoms with Crippen LogP contribution in [0.25, 0.3) is 5.82 Å². The molecule has 0 radical (unpaired) electrons. The predicted octanol–water partition coefficient (Wildman–Crippen LogP) is 3.19. The summed E-state index contributed by atoms with van der Waals surface area (Å²) in [6.45, 7) is 0.574. The summed E-state index contributed by atoms with van der Waals surface area (Å²) in [7, 11) is -3.71. The van der Waals surface area contributed by atoms with Gasteiger partial charge >= 0.3 is 0 Å². The van der Waals surface area contributed by atoms with Gasteiger partial charge in [0, 0.05) is 30.6 Å². The minimum Gasteiger partial charge on any atom is -0.493 e. The molecule has 0 aliphatic carbocycles. The zero-order valence-electron chi connectivity index (χ0n) is 16.2. The second-order valence-corrected chi connectivity index (χ2v) is 8.48. The summed E-state index contributed by atoms with van der Waals surface area (Å²) in [5.41, 5.74) is 1.32. The quantitative estimate of drug-likeness (QED) is 0.495. The molecule has 1 aliphatic heterocycles. The Morgan fingerprint density at radius 3 is 2.65 bits per heavy atom. The van der Waals surface area contributed by atoms with Crippen molar-refractivity contribution in [1.82, 2.24) is 19.7 Å². The molecule has 5 rings (SSSR count). The molecule has 156 valence electrons. The Morgan fingerprint density at radius 2 is 1.90 bits per heavy atom. The molecule has 0 fully saturated rings. The third-order valence-corrected chi connectivity index (χ3v) is 6.07. The van der Waals surface area contributed by atoms with E-state index in [2.05, 4.69) is 19.9 Å². The van der Waals surface area contributed by atoms with Gasteiger partial charge in [0.25, 0.3) is 10.0 Å². The molecule has 0 spiro atoms. The van der Waals surface area contributed by atoms with Crippen LogP contribution in [0, 0.1) is 0 Å². The lowest BCUT2D eigenvalue weighted by molar-refractivity contribution is 0.356. The molecule has 2 aromatic heterocycles. The van der Waals surface area contributed by atoms with Crippen LogP contribution < -0.4 is 14.2 Å². The lowest BCUT2D eigenvalue weighted by Gasteiger charge is -2.10. The first-order valence-corrected chi connectivity index (χ1v) is 10.9. The van der Waals surface area contributed by atoms with Gasteiger partial charge in [0.05, 0.1) is 11.5 Å². The Labute approximate surface area is 178 Å². The second kappa shape index (κ2) is 7.73. The van der Waals surface area contributed by atoms with Crippen LogP contribution in [0.4, 0.5) is 5.69 Å². The lowest BCUT2D eigenvalue weighted by atomic mass is 10.2. The molecule has 1 N–H and O–H groups in total. The Balaban J connectivity index is 1.26. The second-order valence-electron chi connectivity index (χ2n) is 6.80. The van der Waals surface area contributed by atoms with Crippen LogP contribution in [0.15, 0.2) is 78.2 Å². The molecule has 0 bridgehead atoms. The van der Waals surface area contributed by atoms with E-state index >= 15 is 0 Å². The minimum absolute atomic E-state index is 0.199. The predicted molar refractivity (Wildman–Crippen MR) is 112 cm³/mol. The van der Waals surface area contributed by atoms with Crippen molar-refractivity contribution in [2.75, 3.05) is 11.3 Å². The molecule has 0 unspecified atom stereocenters. The van der Waals surface area contributed by atoms with E-state index in [4.69, 9.17) is 9.47 Å². The zero-order valence-corrected chi connectivity index (χ0v) is 17.0. The van der Waals surface area contributed by atoms with Gasteiger partial charge in [-0.1, -0.05) is 0 Å². The fourth-order valence-electron chi connectivity index (χ4n) is 3.16. The largest absolute Gasteiger partial charge is 0.493 e. The van der Waals surface area contributed by atoms with Crippen molar-refractivity contribution in [2.45, 2.75) is 11.3 Å². The van der Waals surface area contributed by atoms with Crippen LogP contribution in [-0.2, 0) is 16.4 Å². The van der Waals surface area contributed by atoms with Crippen molar-refractivity contribution in [3.05, 3.63) is 78.9 Å². The van der Waals surface area contributed by atoms with Crippen molar-refractivity contribution in [3.63, 3.8) is 0 Å². The van der Waals surface area contributed by atoms with E-state index in [1.807, 2.05) is 0 Å². The molecule has 9 nitrogen and oxygen atoms in total. The fourth-order valence-corrected chi connectivity index (χ4v) is 4.26. The molecule has 0 saturated heterocycles. The Kier molecular flexibility index (Phi) is 4.75. The Morgan fingerprint density at radius 1 is 1.03 bits per heavy atom. The van der Waals surface area contributed by atoms with Gasteiger partial charge in [-0.2, -0.15) is 0 Å². The molecular formula is C21H17N5O4S. The number of nitrogens with one attached hydrogen (secondary N) is 1. The van der Waals surface area contributed by atoms with Crippen LogP contribution in [-0.4, -0.2) is 34.8 Å². The number of benzene rings is 2. The summed E-state index contributed by atoms with van der Waals surface area (Å²) in [5.74, 6) is 2.18. The van der Waals surface area contributed by atoms with Gasteiger partial charge in [-0.15, -0.1) is 10.2 Å². The van der Waals surface area contributed by atoms with Crippen molar-refractivity contribution in [3.8, 4) is 23.2 Å². The molecule has 1 aliphatic rings. The van der Waals surface area contributed by atoms with E-state index in [-0.39, 0.29) is 4.90 Å². The summed E-state index contributed by atoms with van der Waals surface area (Å²) < 4.78 is 40.8. The van der Waals surface area contributed by atoms with Gasteiger partial charge in [0.1, 0.15) is 17.8 Å². The summed E-state index contributed by atoms with van der Waals surface area (Å²) in [4.78, 5) is 4.17. The molecule has 0 atom stereocenters. The Hall–Kier alpha value is -3.92. The summed E-state index contributed by atoms with van der Waals surface area (Å²) >= 11 is 0. The third kappa shape index (κ3) is 4.05. The number of sulfonamides is 1. The summed E-state index contributed by atoms with van der Waals surface area (Å²) in [6.07, 6.45) is 5.75. The Bertz CT molecular complexity index is 1310. The molecule has 3 heterocycles. The number of anilines is 1. The topological polar surface area (TPSA) is 108 Å². The first-order valence-electron chi connectivity index (χ1n) is 9.45. The molecule has 31 heavy (non-hydrogen) atoms. The minimum atomic E-state index is -3.71. The maximum absolute atomic E-state index is 12.7. The number of hydrogen-bond acceptors (Lipinski definition) is 7. The monoisotopic (exact) mass is 435 g/mol. The molecule has 0 saturated carbocycles. The van der Waals surface area contributed by atoms with Crippen LogP contribution >= 0.6 is 0 Å². The number of hydrogen-bond donors (Lipinski definition) is 1. The molecular weight excluding hydrogens is 418 g/mol. The van der Waals surface area contributed by atoms with Gasteiger partial charge in [-0.05, 0) is 54.1 Å². The van der Waals surface area contributed by atoms with Crippen molar-refractivity contribution in [1.29, 1.82) is 0 Å². The lowest BCUT2D eigenvalue weighted by Crippen LogP contribution is -2.13. The van der Waals surface area contributed by atoms with Crippen molar-refractivity contribution >= 4 is 15.7 Å². The highest BCUT2D eigenvalue weighted by Gasteiger charge is 2.19. The van der Waals surface area contributed by atoms with Gasteiger partial charge in [-0.25, -0.2) is 13.4 Å². The van der Waals surface area contributed by atoms with E-state index in [9.17, 15) is 8.42 Å².